The van der Waals surface area contributed by atoms with Crippen molar-refractivity contribution in [3.8, 4) is 0 Å². The average Bonchev–Trinajstić information content (AvgIpc) is 2.98. The molecular weight excluding hydrogens is 325 g/mol. The Morgan fingerprint density at radius 1 is 1.38 bits per heavy atom. The summed E-state index contributed by atoms with van der Waals surface area (Å²) in [6.45, 7) is 13.5. The molecule has 1 aromatic rings. The van der Waals surface area contributed by atoms with Gasteiger partial charge in [-0.15, -0.1) is 36.2 Å². The number of nitrogens with zero attached hydrogens (tertiary/aromatic N) is 2. The zero-order chi connectivity index (χ0) is 13.9. The number of aromatic nitrogens is 1. The molecule has 21 heavy (non-hydrogen) atoms. The summed E-state index contributed by atoms with van der Waals surface area (Å²) in [4.78, 5) is 7.43. The molecule has 1 aliphatic heterocycles. The number of hydrogen-bond donors (Lipinski definition) is 1. The molecule has 1 aromatic heterocycles. The lowest BCUT2D eigenvalue weighted by Crippen LogP contribution is -2.36. The first-order chi connectivity index (χ1) is 9.00. The van der Waals surface area contributed by atoms with Crippen LogP contribution in [0, 0.1) is 0 Å². The van der Waals surface area contributed by atoms with Crippen LogP contribution in [0.2, 0.25) is 0 Å². The van der Waals surface area contributed by atoms with Gasteiger partial charge in [0, 0.05) is 23.4 Å². The maximum atomic E-state index is 4.83. The Morgan fingerprint density at radius 2 is 2.10 bits per heavy atom. The van der Waals surface area contributed by atoms with E-state index in [-0.39, 0.29) is 30.2 Å². The molecule has 0 aromatic carbocycles. The van der Waals surface area contributed by atoms with E-state index in [1.807, 2.05) is 11.3 Å². The van der Waals surface area contributed by atoms with Crippen molar-refractivity contribution in [1.82, 2.24) is 15.2 Å². The predicted molar refractivity (Wildman–Crippen MR) is 97.3 cm³/mol. The van der Waals surface area contributed by atoms with E-state index in [1.165, 1.54) is 30.1 Å². The van der Waals surface area contributed by atoms with Crippen molar-refractivity contribution in [1.29, 1.82) is 0 Å². The molecule has 1 atom stereocenters. The summed E-state index contributed by atoms with van der Waals surface area (Å²) < 4.78 is 0. The zero-order valence-electron chi connectivity index (χ0n) is 13.5. The van der Waals surface area contributed by atoms with E-state index in [0.717, 1.165) is 19.6 Å². The Morgan fingerprint density at radius 3 is 2.57 bits per heavy atom. The van der Waals surface area contributed by atoms with Gasteiger partial charge in [0.2, 0.25) is 0 Å². The first kappa shape index (κ1) is 21.1. The van der Waals surface area contributed by atoms with E-state index in [1.54, 1.807) is 0 Å². The highest BCUT2D eigenvalue weighted by Gasteiger charge is 2.23. The average molecular weight is 354 g/mol. The molecule has 1 aliphatic rings. The Balaban J connectivity index is 0.00000200. The Labute approximate surface area is 145 Å². The topological polar surface area (TPSA) is 28.2 Å². The summed E-state index contributed by atoms with van der Waals surface area (Å²) in [6.07, 6.45) is 2.49. The Bertz CT molecular complexity index is 398. The van der Waals surface area contributed by atoms with Crippen LogP contribution >= 0.6 is 36.2 Å². The largest absolute Gasteiger partial charge is 0.315 e. The molecule has 2 heterocycles. The number of thiazole rings is 1. The summed E-state index contributed by atoms with van der Waals surface area (Å²) in [5.74, 6) is 0. The molecular formula is C15H29Cl2N3S. The molecule has 0 spiro atoms. The van der Waals surface area contributed by atoms with E-state index in [4.69, 9.17) is 4.98 Å². The molecule has 0 saturated carbocycles. The lowest BCUT2D eigenvalue weighted by atomic mass is 9.93. The first-order valence-corrected chi connectivity index (χ1v) is 8.28. The fraction of sp³-hybridized carbons (Fsp3) is 0.800. The lowest BCUT2D eigenvalue weighted by molar-refractivity contribution is 0.199. The van der Waals surface area contributed by atoms with Gasteiger partial charge in [0.05, 0.1) is 12.2 Å². The van der Waals surface area contributed by atoms with E-state index >= 15 is 0 Å². The molecule has 1 fully saturated rings. The van der Waals surface area contributed by atoms with Gasteiger partial charge in [-0.2, -0.15) is 0 Å². The minimum Gasteiger partial charge on any atom is -0.315 e. The van der Waals surface area contributed by atoms with Crippen LogP contribution in [0.3, 0.4) is 0 Å². The normalized spacial score (nSPS) is 18.4. The van der Waals surface area contributed by atoms with Gasteiger partial charge in [-0.05, 0) is 25.9 Å². The lowest BCUT2D eigenvalue weighted by Gasteiger charge is -2.27. The summed E-state index contributed by atoms with van der Waals surface area (Å²) in [6, 6.07) is 0.696. The zero-order valence-corrected chi connectivity index (χ0v) is 16.0. The van der Waals surface area contributed by atoms with Crippen molar-refractivity contribution in [3.05, 3.63) is 16.1 Å². The SMILES string of the molecule is CCCN(Cc1nc(C(C)(C)C)cs1)C1CCNC1.Cl.Cl. The van der Waals surface area contributed by atoms with Crippen molar-refractivity contribution in [3.63, 3.8) is 0 Å². The molecule has 3 nitrogen and oxygen atoms in total. The van der Waals surface area contributed by atoms with Crippen LogP contribution < -0.4 is 5.32 Å². The summed E-state index contributed by atoms with van der Waals surface area (Å²) in [5, 5.41) is 6.97. The second-order valence-electron chi connectivity index (χ2n) is 6.49. The summed E-state index contributed by atoms with van der Waals surface area (Å²) >= 11 is 1.82. The van der Waals surface area contributed by atoms with Gasteiger partial charge in [-0.1, -0.05) is 27.7 Å². The molecule has 0 amide bonds. The Kier molecular flexibility index (Phi) is 9.37. The highest BCUT2D eigenvalue weighted by atomic mass is 35.5. The van der Waals surface area contributed by atoms with Crippen LogP contribution in [0.5, 0.6) is 0 Å². The van der Waals surface area contributed by atoms with Crippen LogP contribution in [0.4, 0.5) is 0 Å². The van der Waals surface area contributed by atoms with Crippen LogP contribution in [0.15, 0.2) is 5.38 Å². The molecule has 1 unspecified atom stereocenters. The molecule has 1 N–H and O–H groups in total. The van der Waals surface area contributed by atoms with Gasteiger partial charge >= 0.3 is 0 Å². The van der Waals surface area contributed by atoms with Crippen molar-refractivity contribution in [2.45, 2.75) is 58.5 Å². The summed E-state index contributed by atoms with van der Waals surface area (Å²) in [5.41, 5.74) is 1.40. The number of hydrogen-bond acceptors (Lipinski definition) is 4. The third-order valence-corrected chi connectivity index (χ3v) is 4.55. The number of halogens is 2. The standard InChI is InChI=1S/C15H27N3S.2ClH/c1-5-8-18(12-6-7-16-9-12)10-14-17-13(11-19-14)15(2,3)4;;/h11-12,16H,5-10H2,1-4H3;2*1H. The molecule has 0 bridgehead atoms. The van der Waals surface area contributed by atoms with E-state index in [0.29, 0.717) is 6.04 Å². The predicted octanol–water partition coefficient (Wildman–Crippen LogP) is 3.86. The summed E-state index contributed by atoms with van der Waals surface area (Å²) in [7, 11) is 0. The molecule has 6 heteroatoms. The van der Waals surface area contributed by atoms with Crippen LogP contribution in [-0.4, -0.2) is 35.6 Å². The maximum absolute atomic E-state index is 4.83. The van der Waals surface area contributed by atoms with Gasteiger partial charge in [-0.3, -0.25) is 4.90 Å². The van der Waals surface area contributed by atoms with Gasteiger partial charge in [-0.25, -0.2) is 4.98 Å². The van der Waals surface area contributed by atoms with Gasteiger partial charge in [0.1, 0.15) is 5.01 Å². The maximum Gasteiger partial charge on any atom is 0.107 e. The quantitative estimate of drug-likeness (QED) is 0.870. The second kappa shape index (κ2) is 9.31. The third kappa shape index (κ3) is 6.03. The highest BCUT2D eigenvalue weighted by Crippen LogP contribution is 2.25. The van der Waals surface area contributed by atoms with E-state index < -0.39 is 0 Å². The van der Waals surface area contributed by atoms with Crippen molar-refractivity contribution in [2.75, 3.05) is 19.6 Å². The number of rotatable bonds is 5. The molecule has 124 valence electrons. The van der Waals surface area contributed by atoms with Crippen LogP contribution in [-0.2, 0) is 12.0 Å². The minimum absolute atomic E-state index is 0. The monoisotopic (exact) mass is 353 g/mol. The number of nitrogens with one attached hydrogen (secondary N) is 1. The highest BCUT2D eigenvalue weighted by molar-refractivity contribution is 7.09. The fourth-order valence-electron chi connectivity index (χ4n) is 2.53. The molecule has 2 rings (SSSR count). The van der Waals surface area contributed by atoms with Gasteiger partial charge in [0.25, 0.3) is 0 Å². The molecule has 1 saturated heterocycles. The van der Waals surface area contributed by atoms with Crippen molar-refractivity contribution in [2.24, 2.45) is 0 Å². The Hall–Kier alpha value is 0.130. The van der Waals surface area contributed by atoms with Crippen molar-refractivity contribution >= 4 is 36.2 Å². The third-order valence-electron chi connectivity index (χ3n) is 3.72. The van der Waals surface area contributed by atoms with E-state index in [9.17, 15) is 0 Å². The molecule has 0 radical (unpaired) electrons. The fourth-order valence-corrected chi connectivity index (χ4v) is 3.58. The molecule has 0 aliphatic carbocycles. The first-order valence-electron chi connectivity index (χ1n) is 7.40. The van der Waals surface area contributed by atoms with E-state index in [2.05, 4.69) is 43.3 Å². The van der Waals surface area contributed by atoms with Crippen LogP contribution in [0.25, 0.3) is 0 Å². The smallest absolute Gasteiger partial charge is 0.107 e. The second-order valence-corrected chi connectivity index (χ2v) is 7.44. The van der Waals surface area contributed by atoms with Crippen LogP contribution in [0.1, 0.15) is 51.2 Å². The van der Waals surface area contributed by atoms with Gasteiger partial charge < -0.3 is 5.32 Å². The minimum atomic E-state index is 0. The van der Waals surface area contributed by atoms with Crippen molar-refractivity contribution < 1.29 is 0 Å². The van der Waals surface area contributed by atoms with Gasteiger partial charge in [0.15, 0.2) is 0 Å².